The summed E-state index contributed by atoms with van der Waals surface area (Å²) in [4.78, 5) is 2.54. The van der Waals surface area contributed by atoms with Crippen molar-refractivity contribution in [1.29, 1.82) is 0 Å². The van der Waals surface area contributed by atoms with Gasteiger partial charge in [0.05, 0.1) is 27.5 Å². The second-order valence-electron chi connectivity index (χ2n) is 4.04. The van der Waals surface area contributed by atoms with Crippen LogP contribution in [0.4, 0.5) is 5.69 Å². The maximum Gasteiger partial charge on any atom is 0.130 e. The van der Waals surface area contributed by atoms with E-state index in [1.807, 2.05) is 0 Å². The molecular weight excluding hydrogens is 321 g/mol. The van der Waals surface area contributed by atoms with Crippen LogP contribution in [0.25, 0.3) is 11.0 Å². The smallest absolute Gasteiger partial charge is 0.130 e. The predicted octanol–water partition coefficient (Wildman–Crippen LogP) is 4.98. The monoisotopic (exact) mass is 329 g/mol. The van der Waals surface area contributed by atoms with Gasteiger partial charge in [0.15, 0.2) is 0 Å². The highest BCUT2D eigenvalue weighted by Gasteiger charge is 2.13. The van der Waals surface area contributed by atoms with Crippen LogP contribution in [0.1, 0.15) is 9.75 Å². The Hall–Kier alpha value is -0.880. The maximum absolute atomic E-state index is 6.23. The van der Waals surface area contributed by atoms with Crippen molar-refractivity contribution >= 4 is 63.0 Å². The van der Waals surface area contributed by atoms with Gasteiger partial charge in [-0.1, -0.05) is 23.2 Å². The van der Waals surface area contributed by atoms with Gasteiger partial charge in [-0.15, -0.1) is 11.3 Å². The van der Waals surface area contributed by atoms with Crippen LogP contribution in [0.15, 0.2) is 18.2 Å². The molecule has 0 spiro atoms. The standard InChI is InChI=1S/C12H9Cl2N3S2/c1-6-2-3-7(18-6)5-15-10-8(13)4-9(14)11-12(10)17-19-16-11/h2-4,15H,5H2,1H3. The Morgan fingerprint density at radius 3 is 2.68 bits per heavy atom. The molecule has 3 nitrogen and oxygen atoms in total. The number of anilines is 1. The molecule has 0 aliphatic rings. The zero-order valence-electron chi connectivity index (χ0n) is 9.91. The van der Waals surface area contributed by atoms with E-state index in [2.05, 4.69) is 33.1 Å². The summed E-state index contributed by atoms with van der Waals surface area (Å²) in [7, 11) is 0. The number of rotatable bonds is 3. The number of aryl methyl sites for hydroxylation is 1. The highest BCUT2D eigenvalue weighted by atomic mass is 35.5. The minimum absolute atomic E-state index is 0.534. The Labute approximate surface area is 128 Å². The summed E-state index contributed by atoms with van der Waals surface area (Å²) >= 11 is 15.2. The van der Waals surface area contributed by atoms with Gasteiger partial charge in [-0.3, -0.25) is 0 Å². The first-order valence-corrected chi connectivity index (χ1v) is 7.85. The van der Waals surface area contributed by atoms with Gasteiger partial charge in [0.2, 0.25) is 0 Å². The summed E-state index contributed by atoms with van der Waals surface area (Å²) in [6.07, 6.45) is 0. The molecule has 0 fully saturated rings. The molecule has 19 heavy (non-hydrogen) atoms. The molecule has 0 aliphatic heterocycles. The van der Waals surface area contributed by atoms with Gasteiger partial charge >= 0.3 is 0 Å². The number of halogens is 2. The van der Waals surface area contributed by atoms with Crippen LogP contribution in [0.3, 0.4) is 0 Å². The van der Waals surface area contributed by atoms with Gasteiger partial charge in [0.25, 0.3) is 0 Å². The average molecular weight is 330 g/mol. The van der Waals surface area contributed by atoms with Crippen LogP contribution in [-0.4, -0.2) is 8.75 Å². The number of fused-ring (bicyclic) bond motifs is 1. The summed E-state index contributed by atoms with van der Waals surface area (Å²) in [5.41, 5.74) is 2.22. The van der Waals surface area contributed by atoms with Crippen LogP contribution in [0.5, 0.6) is 0 Å². The minimum Gasteiger partial charge on any atom is -0.377 e. The molecule has 0 saturated heterocycles. The SMILES string of the molecule is Cc1ccc(CNc2c(Cl)cc(Cl)c3nsnc23)s1. The number of benzene rings is 1. The van der Waals surface area contributed by atoms with Crippen LogP contribution in [-0.2, 0) is 6.54 Å². The maximum atomic E-state index is 6.23. The first-order valence-electron chi connectivity index (χ1n) is 5.54. The van der Waals surface area contributed by atoms with Crippen LogP contribution >= 0.6 is 46.3 Å². The van der Waals surface area contributed by atoms with Crippen molar-refractivity contribution in [1.82, 2.24) is 8.75 Å². The number of hydrogen-bond acceptors (Lipinski definition) is 5. The van der Waals surface area contributed by atoms with Crippen molar-refractivity contribution in [3.8, 4) is 0 Å². The normalized spacial score (nSPS) is 11.1. The summed E-state index contributed by atoms with van der Waals surface area (Å²) in [6.45, 7) is 2.80. The van der Waals surface area contributed by atoms with Gasteiger partial charge in [0, 0.05) is 16.3 Å². The molecule has 0 amide bonds. The minimum atomic E-state index is 0.534. The van der Waals surface area contributed by atoms with Crippen molar-refractivity contribution in [2.75, 3.05) is 5.32 Å². The van der Waals surface area contributed by atoms with E-state index >= 15 is 0 Å². The summed E-state index contributed by atoms with van der Waals surface area (Å²) < 4.78 is 8.44. The third-order valence-electron chi connectivity index (χ3n) is 2.68. The Balaban J connectivity index is 1.94. The number of nitrogens with one attached hydrogen (secondary N) is 1. The van der Waals surface area contributed by atoms with E-state index in [1.54, 1.807) is 17.4 Å². The predicted molar refractivity (Wildman–Crippen MR) is 83.8 cm³/mol. The highest BCUT2D eigenvalue weighted by molar-refractivity contribution is 7.11. The fourth-order valence-electron chi connectivity index (χ4n) is 1.80. The lowest BCUT2D eigenvalue weighted by atomic mass is 10.2. The molecule has 98 valence electrons. The largest absolute Gasteiger partial charge is 0.377 e. The lowest BCUT2D eigenvalue weighted by molar-refractivity contribution is 1.20. The number of aromatic nitrogens is 2. The Bertz CT molecular complexity index is 736. The molecule has 7 heteroatoms. The molecule has 0 aliphatic carbocycles. The number of nitrogens with zero attached hydrogens (tertiary/aromatic N) is 2. The van der Waals surface area contributed by atoms with E-state index in [0.717, 1.165) is 22.9 Å². The molecule has 0 bridgehead atoms. The molecule has 3 aromatic rings. The average Bonchev–Trinajstić information content (AvgIpc) is 2.98. The van der Waals surface area contributed by atoms with Crippen LogP contribution in [0, 0.1) is 6.92 Å². The van der Waals surface area contributed by atoms with Gasteiger partial charge < -0.3 is 5.32 Å². The second kappa shape index (κ2) is 5.25. The van der Waals surface area contributed by atoms with E-state index in [4.69, 9.17) is 23.2 Å². The van der Waals surface area contributed by atoms with Crippen LogP contribution in [0.2, 0.25) is 10.0 Å². The summed E-state index contributed by atoms with van der Waals surface area (Å²) in [5.74, 6) is 0. The van der Waals surface area contributed by atoms with Gasteiger partial charge in [-0.25, -0.2) is 0 Å². The van der Waals surface area contributed by atoms with Gasteiger partial charge in [-0.05, 0) is 25.1 Å². The van der Waals surface area contributed by atoms with Crippen LogP contribution < -0.4 is 5.32 Å². The van der Waals surface area contributed by atoms with Crippen molar-refractivity contribution in [3.05, 3.63) is 38.0 Å². The zero-order valence-corrected chi connectivity index (χ0v) is 13.1. The summed E-state index contributed by atoms with van der Waals surface area (Å²) in [5, 5.41) is 4.42. The Morgan fingerprint density at radius 1 is 1.16 bits per heavy atom. The van der Waals surface area contributed by atoms with E-state index in [0.29, 0.717) is 22.1 Å². The van der Waals surface area contributed by atoms with Crippen molar-refractivity contribution < 1.29 is 0 Å². The molecule has 0 saturated carbocycles. The topological polar surface area (TPSA) is 37.8 Å². The van der Waals surface area contributed by atoms with E-state index in [1.165, 1.54) is 9.75 Å². The molecule has 0 unspecified atom stereocenters. The second-order valence-corrected chi connectivity index (χ2v) is 6.76. The molecule has 3 rings (SSSR count). The van der Waals surface area contributed by atoms with Crippen molar-refractivity contribution in [3.63, 3.8) is 0 Å². The lowest BCUT2D eigenvalue weighted by Gasteiger charge is -2.08. The molecule has 0 atom stereocenters. The third-order valence-corrected chi connectivity index (χ3v) is 4.79. The third kappa shape index (κ3) is 2.56. The molecule has 0 radical (unpaired) electrons. The number of thiophene rings is 1. The number of hydrogen-bond donors (Lipinski definition) is 1. The van der Waals surface area contributed by atoms with Gasteiger partial charge in [-0.2, -0.15) is 8.75 Å². The summed E-state index contributed by atoms with van der Waals surface area (Å²) in [6, 6.07) is 5.91. The highest BCUT2D eigenvalue weighted by Crippen LogP contribution is 2.35. The zero-order chi connectivity index (χ0) is 13.4. The molecule has 2 heterocycles. The Kier molecular flexibility index (Phi) is 3.62. The molecule has 1 N–H and O–H groups in total. The molecule has 2 aromatic heterocycles. The van der Waals surface area contributed by atoms with Gasteiger partial charge in [0.1, 0.15) is 11.0 Å². The molecular formula is C12H9Cl2N3S2. The van der Waals surface area contributed by atoms with E-state index in [-0.39, 0.29) is 0 Å². The first-order chi connectivity index (χ1) is 9.15. The first kappa shape index (κ1) is 13.1. The van der Waals surface area contributed by atoms with Crippen molar-refractivity contribution in [2.45, 2.75) is 13.5 Å². The van der Waals surface area contributed by atoms with E-state index < -0.39 is 0 Å². The van der Waals surface area contributed by atoms with E-state index in [9.17, 15) is 0 Å². The quantitative estimate of drug-likeness (QED) is 0.736. The fraction of sp³-hybridized carbons (Fsp3) is 0.167. The Morgan fingerprint density at radius 2 is 1.95 bits per heavy atom. The lowest BCUT2D eigenvalue weighted by Crippen LogP contribution is -1.99. The molecule has 1 aromatic carbocycles. The van der Waals surface area contributed by atoms with Crippen molar-refractivity contribution in [2.24, 2.45) is 0 Å². The fourth-order valence-corrected chi connectivity index (χ4v) is 3.81.